The van der Waals surface area contributed by atoms with E-state index in [1.807, 2.05) is 55.7 Å². The molecular formula is C51H52F3N9O2. The molecule has 65 heavy (non-hydrogen) atoms. The number of likely N-dealkylation sites (tertiary alicyclic amines) is 2. The van der Waals surface area contributed by atoms with Crippen LogP contribution in [0, 0.1) is 20.8 Å². The Morgan fingerprint density at radius 2 is 1.49 bits per heavy atom. The molecule has 14 heteroatoms. The van der Waals surface area contributed by atoms with E-state index >= 15 is 0 Å². The average molecular weight is 880 g/mol. The average Bonchev–Trinajstić information content (AvgIpc) is 3.75. The third kappa shape index (κ3) is 10.2. The number of carbonyl (C=O) groups is 2. The third-order valence-corrected chi connectivity index (χ3v) is 12.4. The van der Waals surface area contributed by atoms with Crippen molar-refractivity contribution >= 4 is 28.9 Å². The van der Waals surface area contributed by atoms with Crippen LogP contribution < -0.4 is 10.6 Å². The van der Waals surface area contributed by atoms with Crippen molar-refractivity contribution in [3.05, 3.63) is 161 Å². The molecule has 4 aromatic heterocycles. The van der Waals surface area contributed by atoms with Crippen molar-refractivity contribution in [2.24, 2.45) is 0 Å². The maximum Gasteiger partial charge on any atom is 0.416 e. The number of aldehydes is 1. The predicted octanol–water partition coefficient (Wildman–Crippen LogP) is 9.95. The summed E-state index contributed by atoms with van der Waals surface area (Å²) in [6.45, 7) is 10.6. The first-order valence-electron chi connectivity index (χ1n) is 21.9. The van der Waals surface area contributed by atoms with E-state index in [1.165, 1.54) is 48.1 Å². The summed E-state index contributed by atoms with van der Waals surface area (Å²) in [6.07, 6.45) is 5.21. The van der Waals surface area contributed by atoms with Crippen LogP contribution in [0.25, 0.3) is 33.5 Å². The first-order chi connectivity index (χ1) is 31.4. The number of pyridine rings is 2. The van der Waals surface area contributed by atoms with Crippen LogP contribution in [0.2, 0.25) is 0 Å². The first-order valence-corrected chi connectivity index (χ1v) is 21.9. The Morgan fingerprint density at radius 3 is 2.09 bits per heavy atom. The fourth-order valence-corrected chi connectivity index (χ4v) is 8.96. The number of hydrogen-bond acceptors (Lipinski definition) is 9. The fraction of sp³-hybridized carbons (Fsp3) is 0.294. The summed E-state index contributed by atoms with van der Waals surface area (Å²) in [5.41, 5.74) is 9.90. The number of benzene rings is 3. The molecule has 0 bridgehead atoms. The van der Waals surface area contributed by atoms with E-state index in [9.17, 15) is 22.8 Å². The van der Waals surface area contributed by atoms with Gasteiger partial charge in [-0.2, -0.15) is 13.2 Å². The maximum absolute atomic E-state index is 12.8. The Labute approximate surface area is 376 Å². The quantitative estimate of drug-likeness (QED) is 0.109. The zero-order valence-electron chi connectivity index (χ0n) is 36.9. The van der Waals surface area contributed by atoms with Gasteiger partial charge in [-0.15, -0.1) is 0 Å². The number of aryl methyl sites for hydroxylation is 2. The largest absolute Gasteiger partial charge is 0.416 e. The van der Waals surface area contributed by atoms with Gasteiger partial charge in [0.2, 0.25) is 0 Å². The second-order valence-electron chi connectivity index (χ2n) is 16.9. The summed E-state index contributed by atoms with van der Waals surface area (Å²) < 4.78 is 38.5. The Balaban J connectivity index is 0.000000184. The van der Waals surface area contributed by atoms with Gasteiger partial charge in [-0.05, 0) is 118 Å². The van der Waals surface area contributed by atoms with Gasteiger partial charge in [0.15, 0.2) is 0 Å². The van der Waals surface area contributed by atoms with Gasteiger partial charge in [-0.1, -0.05) is 48.5 Å². The number of carbonyl (C=O) groups excluding carboxylic acids is 2. The minimum absolute atomic E-state index is 0.109. The molecule has 0 aliphatic carbocycles. The molecule has 0 saturated carbocycles. The SMILES string of the molecule is Cc1c(NC(=O)c2ccc(C(F)(F)F)cc2)cccc1-c1ncnc2[nH]c(-c3ccc(C=O)cc3)cc12.Cc1cccnc1C1CCCC(c2ncccc2C)N1CCNC1CN(C)C1. The van der Waals surface area contributed by atoms with E-state index in [1.54, 1.807) is 24.3 Å². The number of rotatable bonds is 11. The molecule has 3 N–H and O–H groups in total. The van der Waals surface area contributed by atoms with Crippen molar-refractivity contribution in [2.45, 2.75) is 64.3 Å². The van der Waals surface area contributed by atoms with Crippen molar-refractivity contribution in [1.82, 2.24) is 40.0 Å². The van der Waals surface area contributed by atoms with Gasteiger partial charge >= 0.3 is 6.18 Å². The standard InChI is InChI=1S/C28H19F3N4O2.C23H33N5/c1-16-21(3-2-4-23(16)35-27(37)19-9-11-20(12-10-19)28(29,30)31)25-22-13-24(34-26(22)33-15-32-25)18-7-5-17(14-36)6-8-18;1-17-7-5-11-25-22(17)20-9-4-10-21(23-18(2)8-6-12-26-23)28(20)14-13-24-19-15-27(3)16-19/h2-15H,1H3,(H,35,37)(H,32,33,34);5-8,11-12,19-21,24H,4,9-10,13-16H2,1-3H3. The number of alkyl halides is 3. The normalized spacial score (nSPS) is 17.0. The van der Waals surface area contributed by atoms with Gasteiger partial charge in [-0.25, -0.2) is 9.97 Å². The Hall–Kier alpha value is -6.61. The second kappa shape index (κ2) is 19.6. The number of hydrogen-bond donors (Lipinski definition) is 3. The Kier molecular flexibility index (Phi) is 13.6. The molecular weight excluding hydrogens is 828 g/mol. The summed E-state index contributed by atoms with van der Waals surface area (Å²) in [5.74, 6) is -0.524. The lowest BCUT2D eigenvalue weighted by atomic mass is 9.89. The molecule has 0 radical (unpaired) electrons. The maximum atomic E-state index is 12.8. The zero-order valence-corrected chi connectivity index (χ0v) is 36.9. The summed E-state index contributed by atoms with van der Waals surface area (Å²) >= 11 is 0. The molecule has 7 aromatic rings. The fourth-order valence-electron chi connectivity index (χ4n) is 8.96. The van der Waals surface area contributed by atoms with Gasteiger partial charge in [0.05, 0.1) is 34.7 Å². The van der Waals surface area contributed by atoms with Crippen LogP contribution in [-0.4, -0.2) is 86.2 Å². The number of nitrogens with zero attached hydrogens (tertiary/aromatic N) is 6. The molecule has 2 aliphatic heterocycles. The lowest BCUT2D eigenvalue weighted by Crippen LogP contribution is -2.57. The van der Waals surface area contributed by atoms with Gasteiger partial charge in [0, 0.05) is 78.1 Å². The van der Waals surface area contributed by atoms with Crippen molar-refractivity contribution < 1.29 is 22.8 Å². The van der Waals surface area contributed by atoms with Gasteiger partial charge < -0.3 is 20.5 Å². The molecule has 2 atom stereocenters. The van der Waals surface area contributed by atoms with Crippen LogP contribution >= 0.6 is 0 Å². The number of aromatic amines is 1. The molecule has 2 aliphatic rings. The molecule has 1 amide bonds. The molecule has 3 aromatic carbocycles. The number of halogens is 3. The number of amides is 1. The third-order valence-electron chi connectivity index (χ3n) is 12.4. The van der Waals surface area contributed by atoms with Crippen LogP contribution in [0.5, 0.6) is 0 Å². The number of H-pyrrole nitrogens is 1. The Morgan fingerprint density at radius 1 is 0.831 bits per heavy atom. The van der Waals surface area contributed by atoms with Crippen LogP contribution in [0.4, 0.5) is 18.9 Å². The lowest BCUT2D eigenvalue weighted by molar-refractivity contribution is -0.137. The number of fused-ring (bicyclic) bond motifs is 1. The molecule has 11 nitrogen and oxygen atoms in total. The summed E-state index contributed by atoms with van der Waals surface area (Å²) in [5, 5.41) is 7.30. The van der Waals surface area contributed by atoms with E-state index in [4.69, 9.17) is 9.97 Å². The van der Waals surface area contributed by atoms with E-state index < -0.39 is 17.6 Å². The highest BCUT2D eigenvalue weighted by atomic mass is 19.4. The lowest BCUT2D eigenvalue weighted by Gasteiger charge is -2.43. The van der Waals surface area contributed by atoms with E-state index in [2.05, 4.69) is 68.4 Å². The number of aromatic nitrogens is 5. The van der Waals surface area contributed by atoms with E-state index in [0.29, 0.717) is 40.7 Å². The molecule has 0 spiro atoms. The molecule has 2 saturated heterocycles. The number of likely N-dealkylation sites (N-methyl/N-ethyl adjacent to an activating group) is 1. The minimum Gasteiger partial charge on any atom is -0.339 e. The zero-order chi connectivity index (χ0) is 45.7. The van der Waals surface area contributed by atoms with Crippen molar-refractivity contribution in [3.8, 4) is 22.5 Å². The topological polar surface area (TPSA) is 132 Å². The number of nitrogens with one attached hydrogen (secondary N) is 3. The second-order valence-corrected chi connectivity index (χ2v) is 16.9. The van der Waals surface area contributed by atoms with Crippen LogP contribution in [0.3, 0.4) is 0 Å². The van der Waals surface area contributed by atoms with Crippen LogP contribution in [0.1, 0.15) is 85.7 Å². The molecule has 2 unspecified atom stereocenters. The smallest absolute Gasteiger partial charge is 0.339 e. The molecule has 334 valence electrons. The minimum atomic E-state index is -4.47. The molecule has 9 rings (SSSR count). The number of anilines is 1. The predicted molar refractivity (Wildman–Crippen MR) is 248 cm³/mol. The highest BCUT2D eigenvalue weighted by Gasteiger charge is 2.35. The van der Waals surface area contributed by atoms with Crippen molar-refractivity contribution in [3.63, 3.8) is 0 Å². The van der Waals surface area contributed by atoms with Gasteiger partial charge in [0.1, 0.15) is 18.3 Å². The molecule has 6 heterocycles. The molecule has 2 fully saturated rings. The van der Waals surface area contributed by atoms with Crippen molar-refractivity contribution in [1.29, 1.82) is 0 Å². The Bertz CT molecular complexity index is 2710. The first kappa shape index (κ1) is 45.0. The van der Waals surface area contributed by atoms with Crippen molar-refractivity contribution in [2.75, 3.05) is 38.5 Å². The van der Waals surface area contributed by atoms with E-state index in [-0.39, 0.29) is 5.56 Å². The van der Waals surface area contributed by atoms with Crippen LogP contribution in [-0.2, 0) is 6.18 Å². The summed E-state index contributed by atoms with van der Waals surface area (Å²) in [6, 6.07) is 28.3. The number of piperidine rings is 1. The summed E-state index contributed by atoms with van der Waals surface area (Å²) in [4.78, 5) is 50.4. The van der Waals surface area contributed by atoms with Crippen LogP contribution in [0.15, 0.2) is 116 Å². The van der Waals surface area contributed by atoms with Gasteiger partial charge in [0.25, 0.3) is 5.91 Å². The monoisotopic (exact) mass is 879 g/mol. The summed E-state index contributed by atoms with van der Waals surface area (Å²) in [7, 11) is 2.18. The van der Waals surface area contributed by atoms with Gasteiger partial charge in [-0.3, -0.25) is 24.5 Å². The highest BCUT2D eigenvalue weighted by molar-refractivity contribution is 6.05. The van der Waals surface area contributed by atoms with E-state index in [0.717, 1.165) is 84.5 Å². The highest BCUT2D eigenvalue weighted by Crippen LogP contribution is 2.42.